The van der Waals surface area contributed by atoms with E-state index in [-0.39, 0.29) is 40.5 Å². The van der Waals surface area contributed by atoms with Crippen molar-refractivity contribution in [2.24, 2.45) is 0 Å². The Bertz CT molecular complexity index is 1560. The Morgan fingerprint density at radius 1 is 1.05 bits per heavy atom. The average Bonchev–Trinajstić information content (AvgIpc) is 2.93. The molecule has 1 aliphatic heterocycles. The quantitative estimate of drug-likeness (QED) is 0.180. The van der Waals surface area contributed by atoms with Crippen LogP contribution in [0.5, 0.6) is 23.0 Å². The van der Waals surface area contributed by atoms with Gasteiger partial charge in [0.25, 0.3) is 5.91 Å². The van der Waals surface area contributed by atoms with Crippen molar-refractivity contribution in [3.05, 3.63) is 24.1 Å². The van der Waals surface area contributed by atoms with Gasteiger partial charge in [-0.1, -0.05) is 0 Å². The molecule has 3 heterocycles. The van der Waals surface area contributed by atoms with E-state index >= 15 is 0 Å². The Morgan fingerprint density at radius 3 is 2.26 bits per heavy atom. The van der Waals surface area contributed by atoms with Crippen LogP contribution in [-0.4, -0.2) is 64.3 Å². The monoisotopic (exact) mass is 610 g/mol. The maximum Gasteiger partial charge on any atom is 0.471 e. The van der Waals surface area contributed by atoms with Gasteiger partial charge >= 0.3 is 7.82 Å². The lowest BCUT2D eigenvalue weighted by atomic mass is 10.1. The fourth-order valence-corrected chi connectivity index (χ4v) is 4.11. The number of carbonyl (C=O) groups is 1. The number of anilines is 7. The summed E-state index contributed by atoms with van der Waals surface area (Å²) in [7, 11) is -0.649. The summed E-state index contributed by atoms with van der Waals surface area (Å²) >= 11 is 0. The second-order valence-electron chi connectivity index (χ2n) is 9.09. The van der Waals surface area contributed by atoms with E-state index in [4.69, 9.17) is 40.2 Å². The molecular weight excluding hydrogens is 582 g/mol. The van der Waals surface area contributed by atoms with Crippen LogP contribution in [0, 0.1) is 5.82 Å². The van der Waals surface area contributed by atoms with Crippen molar-refractivity contribution in [3.63, 3.8) is 0 Å². The molecule has 17 nitrogen and oxygen atoms in total. The third-order valence-corrected chi connectivity index (χ3v) is 6.29. The van der Waals surface area contributed by atoms with Crippen LogP contribution >= 0.6 is 7.82 Å². The Morgan fingerprint density at radius 2 is 1.69 bits per heavy atom. The highest BCUT2D eigenvalue weighted by Crippen LogP contribution is 2.47. The summed E-state index contributed by atoms with van der Waals surface area (Å²) < 4.78 is 52.3. The van der Waals surface area contributed by atoms with Crippen LogP contribution in [0.15, 0.2) is 18.3 Å². The van der Waals surface area contributed by atoms with Gasteiger partial charge < -0.3 is 50.8 Å². The predicted octanol–water partition coefficient (Wildman–Crippen LogP) is 2.26. The number of phosphoric acid groups is 1. The van der Waals surface area contributed by atoms with Crippen molar-refractivity contribution >= 4 is 54.2 Å². The zero-order chi connectivity index (χ0) is 31.0. The first-order valence-corrected chi connectivity index (χ1v) is 13.4. The molecule has 42 heavy (non-hydrogen) atoms. The minimum absolute atomic E-state index is 0.0605. The zero-order valence-corrected chi connectivity index (χ0v) is 23.9. The molecule has 0 saturated heterocycles. The number of hydrogen-bond acceptors (Lipinski definition) is 14. The molecule has 0 unspecified atom stereocenters. The summed E-state index contributed by atoms with van der Waals surface area (Å²) in [5, 5.41) is 5.51. The SMILES string of the molecule is COc1cc(Nc2ncc(F)c(Nc3nc4c(c(N)c3N)OC(C)(C)C(=O)N4COP(=O)(O)O)n2)cc(OC)c1OC. The van der Waals surface area contributed by atoms with Gasteiger partial charge in [0.05, 0.1) is 27.5 Å². The summed E-state index contributed by atoms with van der Waals surface area (Å²) in [6, 6.07) is 3.16. The van der Waals surface area contributed by atoms with Crippen molar-refractivity contribution in [2.75, 3.05) is 55.1 Å². The van der Waals surface area contributed by atoms with E-state index in [2.05, 4.69) is 30.1 Å². The average molecular weight is 610 g/mol. The molecule has 0 radical (unpaired) electrons. The number of nitrogen functional groups attached to an aromatic ring is 2. The minimum atomic E-state index is -4.99. The zero-order valence-electron chi connectivity index (χ0n) is 23.0. The lowest BCUT2D eigenvalue weighted by molar-refractivity contribution is -0.133. The van der Waals surface area contributed by atoms with Crippen LogP contribution in [0.1, 0.15) is 13.8 Å². The number of nitrogens with two attached hydrogens (primary N) is 2. The molecule has 8 N–H and O–H groups in total. The van der Waals surface area contributed by atoms with E-state index in [0.717, 1.165) is 11.1 Å². The van der Waals surface area contributed by atoms with Gasteiger partial charge in [0.15, 0.2) is 46.1 Å². The summed E-state index contributed by atoms with van der Waals surface area (Å²) in [5.74, 6) is -1.76. The molecule has 0 spiro atoms. The minimum Gasteiger partial charge on any atom is -0.493 e. The molecule has 0 atom stereocenters. The van der Waals surface area contributed by atoms with Crippen molar-refractivity contribution in [1.82, 2.24) is 15.0 Å². The number of amides is 1. The molecule has 4 rings (SSSR count). The number of hydrogen-bond donors (Lipinski definition) is 6. The van der Waals surface area contributed by atoms with Crippen LogP contribution < -0.4 is 45.9 Å². The van der Waals surface area contributed by atoms with E-state index in [1.807, 2.05) is 0 Å². The number of carbonyl (C=O) groups excluding carboxylic acids is 1. The third kappa shape index (κ3) is 6.01. The standard InChI is InChI=1S/C23H28FN8O9P/c1-23(2)21(33)32(9-40-42(34,35)36)20-17(41-23)14(25)15(26)19(30-20)29-18-11(24)8-27-22(31-18)28-10-6-12(37-3)16(39-5)13(7-10)38-4/h6-8H,9,26H2,1-5H3,(H2,34,35,36)(H4,25,27,28,29,30,31). The molecule has 1 amide bonds. The van der Waals surface area contributed by atoms with E-state index in [0.29, 0.717) is 22.9 Å². The number of rotatable bonds is 10. The lowest BCUT2D eigenvalue weighted by Gasteiger charge is -2.38. The molecule has 1 aliphatic rings. The molecular formula is C23H28FN8O9P. The van der Waals surface area contributed by atoms with Gasteiger partial charge in [-0.2, -0.15) is 4.98 Å². The number of aromatic nitrogens is 3. The van der Waals surface area contributed by atoms with Crippen molar-refractivity contribution < 1.29 is 47.0 Å². The van der Waals surface area contributed by atoms with Crippen LogP contribution in [0.25, 0.3) is 0 Å². The van der Waals surface area contributed by atoms with Crippen molar-refractivity contribution in [2.45, 2.75) is 19.4 Å². The van der Waals surface area contributed by atoms with Gasteiger partial charge in [-0.05, 0) is 13.8 Å². The van der Waals surface area contributed by atoms with Gasteiger partial charge in [0.2, 0.25) is 11.7 Å². The molecule has 1 aromatic carbocycles. The number of halogens is 1. The summed E-state index contributed by atoms with van der Waals surface area (Å²) in [6.45, 7) is 1.91. The van der Waals surface area contributed by atoms with Gasteiger partial charge in [0, 0.05) is 17.8 Å². The first-order valence-electron chi connectivity index (χ1n) is 11.9. The number of ether oxygens (including phenoxy) is 4. The van der Waals surface area contributed by atoms with Crippen molar-refractivity contribution in [3.8, 4) is 23.0 Å². The number of fused-ring (bicyclic) bond motifs is 1. The second kappa shape index (κ2) is 11.3. The summed E-state index contributed by atoms with van der Waals surface area (Å²) in [6.07, 6.45) is 0.878. The van der Waals surface area contributed by atoms with Gasteiger partial charge in [0.1, 0.15) is 18.1 Å². The van der Waals surface area contributed by atoms with E-state index in [1.165, 1.54) is 35.2 Å². The molecule has 2 aromatic heterocycles. The van der Waals surface area contributed by atoms with Crippen LogP contribution in [-0.2, 0) is 13.9 Å². The molecule has 226 valence electrons. The van der Waals surface area contributed by atoms with Crippen LogP contribution in [0.2, 0.25) is 0 Å². The smallest absolute Gasteiger partial charge is 0.471 e. The first kappa shape index (κ1) is 30.3. The predicted molar refractivity (Wildman–Crippen MR) is 148 cm³/mol. The molecule has 0 saturated carbocycles. The third-order valence-electron chi connectivity index (χ3n) is 5.84. The highest BCUT2D eigenvalue weighted by molar-refractivity contribution is 7.46. The fourth-order valence-electron chi connectivity index (χ4n) is 3.85. The highest BCUT2D eigenvalue weighted by atomic mass is 31.2. The number of benzene rings is 1. The van der Waals surface area contributed by atoms with Crippen molar-refractivity contribution in [1.29, 1.82) is 0 Å². The summed E-state index contributed by atoms with van der Waals surface area (Å²) in [5.41, 5.74) is 10.9. The molecule has 3 aromatic rings. The normalized spacial score (nSPS) is 14.1. The fraction of sp³-hybridized carbons (Fsp3) is 0.304. The Balaban J connectivity index is 1.71. The van der Waals surface area contributed by atoms with E-state index in [1.54, 1.807) is 12.1 Å². The number of nitrogens with zero attached hydrogens (tertiary/aromatic N) is 4. The lowest BCUT2D eigenvalue weighted by Crippen LogP contribution is -2.53. The maximum atomic E-state index is 14.8. The largest absolute Gasteiger partial charge is 0.493 e. The first-order chi connectivity index (χ1) is 19.7. The number of phosphoric ester groups is 1. The van der Waals surface area contributed by atoms with Crippen LogP contribution in [0.4, 0.5) is 44.9 Å². The van der Waals surface area contributed by atoms with Crippen LogP contribution in [0.3, 0.4) is 0 Å². The highest BCUT2D eigenvalue weighted by Gasteiger charge is 2.44. The van der Waals surface area contributed by atoms with Gasteiger partial charge in [-0.15, -0.1) is 0 Å². The Hall–Kier alpha value is -4.64. The second-order valence-corrected chi connectivity index (χ2v) is 10.3. The molecule has 0 bridgehead atoms. The number of methoxy groups -OCH3 is 3. The maximum absolute atomic E-state index is 14.8. The van der Waals surface area contributed by atoms with Gasteiger partial charge in [-0.25, -0.2) is 18.9 Å². The number of nitrogens with one attached hydrogen (secondary N) is 2. The Labute approximate surface area is 238 Å². The van der Waals surface area contributed by atoms with E-state index < -0.39 is 31.9 Å². The van der Waals surface area contributed by atoms with Gasteiger partial charge in [-0.3, -0.25) is 14.2 Å². The summed E-state index contributed by atoms with van der Waals surface area (Å²) in [4.78, 5) is 44.5. The van der Waals surface area contributed by atoms with E-state index in [9.17, 15) is 13.8 Å². The molecule has 0 aliphatic carbocycles. The molecule has 0 fully saturated rings. The topological polar surface area (TPSA) is 239 Å². The number of pyridine rings is 1. The molecule has 19 heteroatoms. The Kier molecular flexibility index (Phi) is 8.18.